The fraction of sp³-hybridized carbons (Fsp3) is 0.200. The highest BCUT2D eigenvalue weighted by molar-refractivity contribution is 7.12. The second kappa shape index (κ2) is 13.0. The van der Waals surface area contributed by atoms with Crippen LogP contribution in [0.4, 0.5) is 5.69 Å². The summed E-state index contributed by atoms with van der Waals surface area (Å²) in [5.41, 5.74) is 11.1. The van der Waals surface area contributed by atoms with Gasteiger partial charge in [0.25, 0.3) is 11.8 Å². The molecular weight excluding hydrogens is 480 g/mol. The quantitative estimate of drug-likeness (QED) is 0.262. The summed E-state index contributed by atoms with van der Waals surface area (Å²) in [5, 5.41) is 7.87. The third-order valence-corrected chi connectivity index (χ3v) is 7.01. The molecule has 1 heterocycles. The van der Waals surface area contributed by atoms with Crippen molar-refractivity contribution in [3.8, 4) is 0 Å². The molecule has 37 heavy (non-hydrogen) atoms. The van der Waals surface area contributed by atoms with Crippen molar-refractivity contribution in [3.63, 3.8) is 0 Å². The molecular formula is C30H32N4O2S. The molecule has 0 aliphatic rings. The van der Waals surface area contributed by atoms with Gasteiger partial charge in [0.05, 0.1) is 4.88 Å². The standard InChI is InChI=1S/C30H32N4O2S/c1-34(16-15-22-6-3-2-4-7-22)21-26-14-13-25(18-27(26)33-30(36)28-8-5-17-37-28)29(35)32-20-24-11-9-23(19-31)10-12-24/h2-14,17-18H,15-16,19-21,31H2,1H3,(H,32,35)(H,33,36). The van der Waals surface area contributed by atoms with Crippen molar-refractivity contribution in [3.05, 3.63) is 123 Å². The maximum Gasteiger partial charge on any atom is 0.265 e. The summed E-state index contributed by atoms with van der Waals surface area (Å²) >= 11 is 1.39. The Hall–Kier alpha value is -3.78. The van der Waals surface area contributed by atoms with E-state index in [-0.39, 0.29) is 11.8 Å². The van der Waals surface area contributed by atoms with E-state index in [1.54, 1.807) is 12.1 Å². The SMILES string of the molecule is CN(CCc1ccccc1)Cc1ccc(C(=O)NCc2ccc(CN)cc2)cc1NC(=O)c1cccs1. The number of nitrogens with two attached hydrogens (primary N) is 1. The Balaban J connectivity index is 1.46. The van der Waals surface area contributed by atoms with Crippen LogP contribution in [0.3, 0.4) is 0 Å². The van der Waals surface area contributed by atoms with E-state index in [0.717, 1.165) is 29.7 Å². The van der Waals surface area contributed by atoms with Crippen LogP contribution in [-0.4, -0.2) is 30.3 Å². The lowest BCUT2D eigenvalue weighted by Crippen LogP contribution is -2.24. The molecule has 0 aliphatic carbocycles. The molecule has 190 valence electrons. The molecule has 7 heteroatoms. The highest BCUT2D eigenvalue weighted by atomic mass is 32.1. The van der Waals surface area contributed by atoms with Crippen molar-refractivity contribution in [2.24, 2.45) is 5.73 Å². The number of benzene rings is 3. The summed E-state index contributed by atoms with van der Waals surface area (Å²) in [6.45, 7) is 2.40. The number of thiophene rings is 1. The average Bonchev–Trinajstić information content (AvgIpc) is 3.48. The number of hydrogen-bond acceptors (Lipinski definition) is 5. The number of amides is 2. The van der Waals surface area contributed by atoms with Gasteiger partial charge in [-0.2, -0.15) is 0 Å². The molecule has 0 saturated carbocycles. The molecule has 0 bridgehead atoms. The Morgan fingerprint density at radius 1 is 0.865 bits per heavy atom. The molecule has 4 rings (SSSR count). The number of hydrogen-bond donors (Lipinski definition) is 3. The molecule has 0 fully saturated rings. The number of rotatable bonds is 11. The van der Waals surface area contributed by atoms with Gasteiger partial charge in [-0.1, -0.05) is 66.7 Å². The van der Waals surface area contributed by atoms with Gasteiger partial charge in [-0.3, -0.25) is 9.59 Å². The van der Waals surface area contributed by atoms with Gasteiger partial charge in [-0.05, 0) is 59.3 Å². The second-order valence-corrected chi connectivity index (χ2v) is 9.93. The van der Waals surface area contributed by atoms with E-state index in [9.17, 15) is 9.59 Å². The first-order valence-electron chi connectivity index (χ1n) is 12.3. The molecule has 4 aromatic rings. The number of nitrogens with zero attached hydrogens (tertiary/aromatic N) is 1. The average molecular weight is 513 g/mol. The number of anilines is 1. The molecule has 0 unspecified atom stereocenters. The van der Waals surface area contributed by atoms with Gasteiger partial charge in [0.2, 0.25) is 0 Å². The molecule has 0 saturated heterocycles. The summed E-state index contributed by atoms with van der Waals surface area (Å²) in [4.78, 5) is 28.6. The number of carbonyl (C=O) groups excluding carboxylic acids is 2. The van der Waals surface area contributed by atoms with Crippen LogP contribution in [0, 0.1) is 0 Å². The van der Waals surface area contributed by atoms with E-state index in [1.807, 2.05) is 66.0 Å². The highest BCUT2D eigenvalue weighted by Crippen LogP contribution is 2.22. The normalized spacial score (nSPS) is 10.9. The Labute approximate surface area is 222 Å². The predicted octanol–water partition coefficient (Wildman–Crippen LogP) is 5.06. The van der Waals surface area contributed by atoms with Gasteiger partial charge < -0.3 is 21.3 Å². The predicted molar refractivity (Wildman–Crippen MR) is 151 cm³/mol. The van der Waals surface area contributed by atoms with Crippen molar-refractivity contribution in [2.75, 3.05) is 18.9 Å². The van der Waals surface area contributed by atoms with Crippen LogP contribution >= 0.6 is 11.3 Å². The van der Waals surface area contributed by atoms with Crippen LogP contribution in [0.1, 0.15) is 42.3 Å². The second-order valence-electron chi connectivity index (χ2n) is 8.98. The van der Waals surface area contributed by atoms with Gasteiger partial charge in [0.15, 0.2) is 0 Å². The lowest BCUT2D eigenvalue weighted by Gasteiger charge is -2.20. The maximum absolute atomic E-state index is 12.9. The summed E-state index contributed by atoms with van der Waals surface area (Å²) in [6.07, 6.45) is 0.932. The first-order valence-corrected chi connectivity index (χ1v) is 13.2. The van der Waals surface area contributed by atoms with Crippen LogP contribution in [0.15, 0.2) is 90.3 Å². The third kappa shape index (κ3) is 7.60. The number of likely N-dealkylation sites (N-methyl/N-ethyl adjacent to an activating group) is 1. The van der Waals surface area contributed by atoms with E-state index in [2.05, 4.69) is 34.7 Å². The Kier molecular flexibility index (Phi) is 9.21. The summed E-state index contributed by atoms with van der Waals surface area (Å²) in [5.74, 6) is -0.376. The Morgan fingerprint density at radius 3 is 2.32 bits per heavy atom. The summed E-state index contributed by atoms with van der Waals surface area (Å²) in [7, 11) is 2.06. The van der Waals surface area contributed by atoms with Crippen molar-refractivity contribution in [2.45, 2.75) is 26.1 Å². The van der Waals surface area contributed by atoms with Crippen LogP contribution in [0.5, 0.6) is 0 Å². The van der Waals surface area contributed by atoms with E-state index in [0.29, 0.717) is 35.8 Å². The van der Waals surface area contributed by atoms with Crippen molar-refractivity contribution >= 4 is 28.8 Å². The molecule has 0 spiro atoms. The first kappa shape index (κ1) is 26.3. The fourth-order valence-electron chi connectivity index (χ4n) is 3.98. The van der Waals surface area contributed by atoms with Crippen LogP contribution in [-0.2, 0) is 26.1 Å². The summed E-state index contributed by atoms with van der Waals surface area (Å²) in [6, 6.07) is 27.4. The fourth-order valence-corrected chi connectivity index (χ4v) is 4.59. The maximum atomic E-state index is 12.9. The van der Waals surface area contributed by atoms with Gasteiger partial charge in [-0.15, -0.1) is 11.3 Å². The Bertz CT molecular complexity index is 1310. The van der Waals surface area contributed by atoms with Gasteiger partial charge in [0.1, 0.15) is 0 Å². The van der Waals surface area contributed by atoms with E-state index < -0.39 is 0 Å². The molecule has 4 N–H and O–H groups in total. The summed E-state index contributed by atoms with van der Waals surface area (Å²) < 4.78 is 0. The van der Waals surface area contributed by atoms with Gasteiger partial charge in [0, 0.05) is 37.4 Å². The van der Waals surface area contributed by atoms with Crippen molar-refractivity contribution in [1.29, 1.82) is 0 Å². The molecule has 6 nitrogen and oxygen atoms in total. The van der Waals surface area contributed by atoms with Gasteiger partial charge >= 0.3 is 0 Å². The van der Waals surface area contributed by atoms with Crippen LogP contribution < -0.4 is 16.4 Å². The smallest absolute Gasteiger partial charge is 0.265 e. The van der Waals surface area contributed by atoms with Crippen molar-refractivity contribution < 1.29 is 9.59 Å². The van der Waals surface area contributed by atoms with E-state index in [4.69, 9.17) is 5.73 Å². The zero-order chi connectivity index (χ0) is 26.0. The monoisotopic (exact) mass is 512 g/mol. The van der Waals surface area contributed by atoms with Crippen molar-refractivity contribution in [1.82, 2.24) is 10.2 Å². The lowest BCUT2D eigenvalue weighted by molar-refractivity contribution is 0.0949. The van der Waals surface area contributed by atoms with Crippen LogP contribution in [0.25, 0.3) is 0 Å². The molecule has 1 aromatic heterocycles. The minimum atomic E-state index is -0.196. The molecule has 0 aliphatic heterocycles. The molecule has 2 amide bonds. The number of carbonyl (C=O) groups is 2. The first-order chi connectivity index (χ1) is 18.0. The zero-order valence-corrected chi connectivity index (χ0v) is 21.8. The lowest BCUT2D eigenvalue weighted by atomic mass is 10.1. The topological polar surface area (TPSA) is 87.5 Å². The minimum Gasteiger partial charge on any atom is -0.348 e. The van der Waals surface area contributed by atoms with Crippen LogP contribution in [0.2, 0.25) is 0 Å². The van der Waals surface area contributed by atoms with E-state index in [1.165, 1.54) is 16.9 Å². The van der Waals surface area contributed by atoms with Gasteiger partial charge in [-0.25, -0.2) is 0 Å². The largest absolute Gasteiger partial charge is 0.348 e. The molecule has 0 radical (unpaired) electrons. The Morgan fingerprint density at radius 2 is 1.62 bits per heavy atom. The molecule has 3 aromatic carbocycles. The highest BCUT2D eigenvalue weighted by Gasteiger charge is 2.15. The molecule has 0 atom stereocenters. The third-order valence-electron chi connectivity index (χ3n) is 6.14. The number of nitrogens with one attached hydrogen (secondary N) is 2. The minimum absolute atomic E-state index is 0.180. The zero-order valence-electron chi connectivity index (χ0n) is 20.9. The van der Waals surface area contributed by atoms with E-state index >= 15 is 0 Å².